The number of imidazole rings is 1. The minimum atomic E-state index is -0.0148. The van der Waals surface area contributed by atoms with Gasteiger partial charge in [0.05, 0.1) is 11.9 Å². The van der Waals surface area contributed by atoms with Gasteiger partial charge in [0, 0.05) is 6.04 Å². The van der Waals surface area contributed by atoms with Gasteiger partial charge in [0.25, 0.3) is 0 Å². The second-order valence-electron chi connectivity index (χ2n) is 3.03. The predicted molar refractivity (Wildman–Crippen MR) is 60.1 cm³/mol. The second kappa shape index (κ2) is 4.25. The van der Waals surface area contributed by atoms with Crippen LogP contribution in [-0.4, -0.2) is 14.6 Å². The molecule has 2 aromatic heterocycles. The summed E-state index contributed by atoms with van der Waals surface area (Å²) in [5.41, 5.74) is 6.61. The first-order valence-electron chi connectivity index (χ1n) is 4.31. The van der Waals surface area contributed by atoms with E-state index in [9.17, 15) is 0 Å². The summed E-state index contributed by atoms with van der Waals surface area (Å²) >= 11 is 1.62. The van der Waals surface area contributed by atoms with Crippen LogP contribution in [0, 0.1) is 0 Å². The number of rotatable bonds is 2. The highest BCUT2D eigenvalue weighted by atomic mass is 35.5. The monoisotopic (exact) mass is 232 g/mol. The van der Waals surface area contributed by atoms with Crippen molar-refractivity contribution < 1.29 is 0 Å². The quantitative estimate of drug-likeness (QED) is 0.859. The molecule has 78 valence electrons. The topological polar surface area (TPSA) is 56.2 Å². The van der Waals surface area contributed by atoms with Gasteiger partial charge in [-0.2, -0.15) is 5.10 Å². The largest absolute Gasteiger partial charge is 0.323 e. The summed E-state index contributed by atoms with van der Waals surface area (Å²) in [4.78, 5) is 5.31. The van der Waals surface area contributed by atoms with Crippen LogP contribution in [0.4, 0.5) is 0 Å². The van der Waals surface area contributed by atoms with Crippen molar-refractivity contribution in [3.8, 4) is 0 Å². The van der Waals surface area contributed by atoms with E-state index in [1.54, 1.807) is 11.3 Å². The van der Waals surface area contributed by atoms with Gasteiger partial charge in [-0.25, -0.2) is 9.50 Å². The Kier molecular flexibility index (Phi) is 3.47. The summed E-state index contributed by atoms with van der Waals surface area (Å²) in [5, 5.41) is 5.46. The van der Waals surface area contributed by atoms with E-state index in [2.05, 4.69) is 17.0 Å². The van der Waals surface area contributed by atoms with Gasteiger partial charge in [0.2, 0.25) is 4.96 Å². The molecule has 1 atom stereocenters. The minimum absolute atomic E-state index is 0. The summed E-state index contributed by atoms with van der Waals surface area (Å²) < 4.78 is 1.81. The Morgan fingerprint density at radius 1 is 1.64 bits per heavy atom. The molecule has 2 heterocycles. The summed E-state index contributed by atoms with van der Waals surface area (Å²) in [6, 6.07) is -0.0148. The molecule has 0 aromatic carbocycles. The van der Waals surface area contributed by atoms with Crippen molar-refractivity contribution in [1.29, 1.82) is 0 Å². The van der Waals surface area contributed by atoms with Crippen LogP contribution in [0.25, 0.3) is 4.96 Å². The van der Waals surface area contributed by atoms with E-state index >= 15 is 0 Å². The lowest BCUT2D eigenvalue weighted by molar-refractivity contribution is 0.786. The van der Waals surface area contributed by atoms with Crippen molar-refractivity contribution in [2.45, 2.75) is 26.3 Å². The molecule has 0 saturated carbocycles. The molecule has 14 heavy (non-hydrogen) atoms. The second-order valence-corrected chi connectivity index (χ2v) is 4.07. The number of nitrogens with two attached hydrogens (primary N) is 1. The smallest absolute Gasteiger partial charge is 0.212 e. The molecule has 6 heteroatoms. The molecule has 0 spiro atoms. The lowest BCUT2D eigenvalue weighted by atomic mass is 10.3. The maximum absolute atomic E-state index is 5.71. The average molecular weight is 233 g/mol. The molecule has 2 aromatic rings. The van der Waals surface area contributed by atoms with Crippen molar-refractivity contribution in [2.75, 3.05) is 0 Å². The third-order valence-electron chi connectivity index (χ3n) is 1.87. The van der Waals surface area contributed by atoms with Crippen molar-refractivity contribution >= 4 is 28.7 Å². The van der Waals surface area contributed by atoms with Crippen LogP contribution in [0.5, 0.6) is 0 Å². The molecule has 0 bridgehead atoms. The van der Waals surface area contributed by atoms with E-state index < -0.39 is 0 Å². The fourth-order valence-electron chi connectivity index (χ4n) is 1.12. The molecule has 4 nitrogen and oxygen atoms in total. The minimum Gasteiger partial charge on any atom is -0.323 e. The third kappa shape index (κ3) is 1.89. The Hall–Kier alpha value is -0.650. The molecule has 0 saturated heterocycles. The molecular weight excluding hydrogens is 220 g/mol. The zero-order valence-corrected chi connectivity index (χ0v) is 9.73. The normalized spacial score (nSPS) is 12.8. The lowest BCUT2D eigenvalue weighted by Crippen LogP contribution is -2.04. The predicted octanol–water partition coefficient (Wildman–Crippen LogP) is 1.79. The molecule has 0 aliphatic carbocycles. The van der Waals surface area contributed by atoms with Crippen LogP contribution >= 0.6 is 23.7 Å². The standard InChI is InChI=1S/C8H12N4S.ClH/c1-3-7-11-12-4-6(5(2)9)10-8(12)13-7;/h4-5H,3,9H2,1-2H3;1H. The number of fused-ring (bicyclic) bond motifs is 1. The maximum atomic E-state index is 5.71. The van der Waals surface area contributed by atoms with Crippen LogP contribution < -0.4 is 5.73 Å². The highest BCUT2D eigenvalue weighted by Crippen LogP contribution is 2.17. The molecule has 0 fully saturated rings. The molecule has 0 aliphatic rings. The van der Waals surface area contributed by atoms with E-state index in [-0.39, 0.29) is 18.4 Å². The number of hydrogen-bond acceptors (Lipinski definition) is 4. The van der Waals surface area contributed by atoms with Crippen LogP contribution in [0.2, 0.25) is 0 Å². The Bertz CT molecular complexity index is 388. The fourth-order valence-corrected chi connectivity index (χ4v) is 1.94. The summed E-state index contributed by atoms with van der Waals surface area (Å²) in [6.07, 6.45) is 2.86. The number of aromatic nitrogens is 3. The van der Waals surface area contributed by atoms with E-state index in [4.69, 9.17) is 5.73 Å². The third-order valence-corrected chi connectivity index (χ3v) is 2.94. The molecule has 0 amide bonds. The Balaban J connectivity index is 0.000000980. The summed E-state index contributed by atoms with van der Waals surface area (Å²) in [7, 11) is 0. The lowest BCUT2D eigenvalue weighted by Gasteiger charge is -1.95. The number of halogens is 1. The van der Waals surface area contributed by atoms with Crippen LogP contribution in [0.1, 0.15) is 30.6 Å². The Morgan fingerprint density at radius 3 is 2.86 bits per heavy atom. The number of hydrogen-bond donors (Lipinski definition) is 1. The zero-order valence-electron chi connectivity index (χ0n) is 8.10. The van der Waals surface area contributed by atoms with Gasteiger partial charge < -0.3 is 5.73 Å². The first-order chi connectivity index (χ1) is 6.20. The van der Waals surface area contributed by atoms with Gasteiger partial charge in [0.1, 0.15) is 5.01 Å². The average Bonchev–Trinajstić information content (AvgIpc) is 2.58. The van der Waals surface area contributed by atoms with Crippen LogP contribution in [0.15, 0.2) is 6.20 Å². The molecule has 2 N–H and O–H groups in total. The highest BCUT2D eigenvalue weighted by molar-refractivity contribution is 7.16. The number of aryl methyl sites for hydroxylation is 1. The van der Waals surface area contributed by atoms with Gasteiger partial charge >= 0.3 is 0 Å². The first kappa shape index (κ1) is 11.4. The van der Waals surface area contributed by atoms with Crippen molar-refractivity contribution in [3.63, 3.8) is 0 Å². The van der Waals surface area contributed by atoms with Crippen molar-refractivity contribution in [1.82, 2.24) is 14.6 Å². The maximum Gasteiger partial charge on any atom is 0.212 e. The van der Waals surface area contributed by atoms with Crippen LogP contribution in [-0.2, 0) is 6.42 Å². The molecule has 2 rings (SSSR count). The van der Waals surface area contributed by atoms with Gasteiger partial charge in [-0.3, -0.25) is 0 Å². The Labute approximate surface area is 92.6 Å². The number of nitrogens with zero attached hydrogens (tertiary/aromatic N) is 3. The van der Waals surface area contributed by atoms with Gasteiger partial charge in [0.15, 0.2) is 0 Å². The van der Waals surface area contributed by atoms with Crippen molar-refractivity contribution in [3.05, 3.63) is 16.9 Å². The summed E-state index contributed by atoms with van der Waals surface area (Å²) in [6.45, 7) is 4.01. The van der Waals surface area contributed by atoms with E-state index in [1.165, 1.54) is 0 Å². The first-order valence-corrected chi connectivity index (χ1v) is 5.13. The zero-order chi connectivity index (χ0) is 9.42. The fraction of sp³-hybridized carbons (Fsp3) is 0.500. The van der Waals surface area contributed by atoms with E-state index in [1.807, 2.05) is 17.6 Å². The highest BCUT2D eigenvalue weighted by Gasteiger charge is 2.09. The SMILES string of the molecule is CCc1nn2cc(C(C)N)nc2s1.Cl. The summed E-state index contributed by atoms with van der Waals surface area (Å²) in [5.74, 6) is 0. The van der Waals surface area contributed by atoms with Crippen molar-refractivity contribution in [2.24, 2.45) is 5.73 Å². The van der Waals surface area contributed by atoms with E-state index in [0.29, 0.717) is 0 Å². The molecule has 0 aliphatic heterocycles. The van der Waals surface area contributed by atoms with E-state index in [0.717, 1.165) is 22.1 Å². The molecule has 0 radical (unpaired) electrons. The van der Waals surface area contributed by atoms with Gasteiger partial charge in [-0.1, -0.05) is 18.3 Å². The molecule has 1 unspecified atom stereocenters. The Morgan fingerprint density at radius 2 is 2.36 bits per heavy atom. The molecular formula is C8H13ClN4S. The van der Waals surface area contributed by atoms with Gasteiger partial charge in [-0.15, -0.1) is 12.4 Å². The van der Waals surface area contributed by atoms with Crippen LogP contribution in [0.3, 0.4) is 0 Å². The van der Waals surface area contributed by atoms with Gasteiger partial charge in [-0.05, 0) is 13.3 Å².